The van der Waals surface area contributed by atoms with E-state index in [1.807, 2.05) is 6.92 Å². The number of hydrogen-bond acceptors (Lipinski definition) is 5. The van der Waals surface area contributed by atoms with Crippen LogP contribution in [0, 0.1) is 13.8 Å². The summed E-state index contributed by atoms with van der Waals surface area (Å²) in [6, 6.07) is 1.69. The van der Waals surface area contributed by atoms with Crippen molar-refractivity contribution in [3.63, 3.8) is 0 Å². The SMILES string of the molecule is Cc1noc(C)c1CC(=O)NCCn1nc2c(cc1=O)CCCC2. The zero-order valence-corrected chi connectivity index (χ0v) is 14.1. The fourth-order valence-corrected chi connectivity index (χ4v) is 3.04. The Kier molecular flexibility index (Phi) is 4.78. The summed E-state index contributed by atoms with van der Waals surface area (Å²) >= 11 is 0. The van der Waals surface area contributed by atoms with Gasteiger partial charge in [0, 0.05) is 18.2 Å². The van der Waals surface area contributed by atoms with Gasteiger partial charge >= 0.3 is 0 Å². The Balaban J connectivity index is 1.56. The van der Waals surface area contributed by atoms with E-state index in [0.717, 1.165) is 48.2 Å². The minimum atomic E-state index is -0.115. The van der Waals surface area contributed by atoms with Crippen molar-refractivity contribution in [2.24, 2.45) is 0 Å². The zero-order valence-electron chi connectivity index (χ0n) is 14.1. The summed E-state index contributed by atoms with van der Waals surface area (Å²) in [5.74, 6) is 0.547. The predicted molar refractivity (Wildman–Crippen MR) is 87.8 cm³/mol. The number of nitrogens with zero attached hydrogens (tertiary/aromatic N) is 3. The highest BCUT2D eigenvalue weighted by atomic mass is 16.5. The maximum atomic E-state index is 12.1. The Labute approximate surface area is 140 Å². The topological polar surface area (TPSA) is 90.0 Å². The Morgan fingerprint density at radius 2 is 2.12 bits per heavy atom. The third-order valence-corrected chi connectivity index (χ3v) is 4.44. The van der Waals surface area contributed by atoms with E-state index in [0.29, 0.717) is 18.8 Å². The van der Waals surface area contributed by atoms with Gasteiger partial charge in [0.05, 0.1) is 24.4 Å². The molecule has 7 nitrogen and oxygen atoms in total. The van der Waals surface area contributed by atoms with Gasteiger partial charge in [0.2, 0.25) is 5.91 Å². The highest BCUT2D eigenvalue weighted by molar-refractivity contribution is 5.78. The summed E-state index contributed by atoms with van der Waals surface area (Å²) in [7, 11) is 0. The van der Waals surface area contributed by atoms with Crippen molar-refractivity contribution in [2.45, 2.75) is 52.5 Å². The van der Waals surface area contributed by atoms with E-state index in [1.165, 1.54) is 4.68 Å². The lowest BCUT2D eigenvalue weighted by Crippen LogP contribution is -2.33. The Morgan fingerprint density at radius 1 is 1.33 bits per heavy atom. The molecule has 2 heterocycles. The van der Waals surface area contributed by atoms with Crippen LogP contribution in [0.1, 0.15) is 41.1 Å². The molecule has 1 N–H and O–H groups in total. The third-order valence-electron chi connectivity index (χ3n) is 4.44. The minimum Gasteiger partial charge on any atom is -0.361 e. The number of nitrogens with one attached hydrogen (secondary N) is 1. The van der Waals surface area contributed by atoms with Crippen LogP contribution >= 0.6 is 0 Å². The van der Waals surface area contributed by atoms with Crippen molar-refractivity contribution >= 4 is 5.91 Å². The van der Waals surface area contributed by atoms with Crippen LogP contribution in [0.25, 0.3) is 0 Å². The van der Waals surface area contributed by atoms with E-state index in [1.54, 1.807) is 13.0 Å². The molecule has 0 aromatic carbocycles. The molecule has 128 valence electrons. The van der Waals surface area contributed by atoms with Crippen molar-refractivity contribution < 1.29 is 9.32 Å². The highest BCUT2D eigenvalue weighted by Crippen LogP contribution is 2.16. The van der Waals surface area contributed by atoms with E-state index in [-0.39, 0.29) is 17.9 Å². The summed E-state index contributed by atoms with van der Waals surface area (Å²) in [5.41, 5.74) is 3.54. The summed E-state index contributed by atoms with van der Waals surface area (Å²) in [4.78, 5) is 24.1. The number of rotatable bonds is 5. The molecule has 2 aromatic rings. The van der Waals surface area contributed by atoms with E-state index < -0.39 is 0 Å². The van der Waals surface area contributed by atoms with E-state index >= 15 is 0 Å². The first-order valence-corrected chi connectivity index (χ1v) is 8.33. The third kappa shape index (κ3) is 3.55. The number of amides is 1. The Bertz CT molecular complexity index is 787. The minimum absolute atomic E-state index is 0.101. The smallest absolute Gasteiger partial charge is 0.267 e. The number of carbonyl (C=O) groups is 1. The van der Waals surface area contributed by atoms with Gasteiger partial charge in [-0.05, 0) is 45.1 Å². The van der Waals surface area contributed by atoms with Crippen molar-refractivity contribution in [3.8, 4) is 0 Å². The molecule has 0 bridgehead atoms. The largest absolute Gasteiger partial charge is 0.361 e. The van der Waals surface area contributed by atoms with Crippen molar-refractivity contribution in [1.29, 1.82) is 0 Å². The van der Waals surface area contributed by atoms with Crippen LogP contribution in [-0.2, 0) is 30.6 Å². The van der Waals surface area contributed by atoms with Gasteiger partial charge in [-0.15, -0.1) is 0 Å². The maximum Gasteiger partial charge on any atom is 0.267 e. The lowest BCUT2D eigenvalue weighted by molar-refractivity contribution is -0.120. The second kappa shape index (κ2) is 6.98. The first-order chi connectivity index (χ1) is 11.5. The standard InChI is InChI=1S/C17H22N4O3/c1-11-14(12(2)24-20-11)10-16(22)18-7-8-21-17(23)9-13-5-3-4-6-15(13)19-21/h9H,3-8,10H2,1-2H3,(H,18,22). The summed E-state index contributed by atoms with van der Waals surface area (Å²) in [6.07, 6.45) is 4.33. The molecule has 1 aliphatic carbocycles. The van der Waals surface area contributed by atoms with Gasteiger partial charge in [-0.25, -0.2) is 4.68 Å². The van der Waals surface area contributed by atoms with Gasteiger partial charge in [0.25, 0.3) is 5.56 Å². The highest BCUT2D eigenvalue weighted by Gasteiger charge is 2.15. The van der Waals surface area contributed by atoms with Crippen LogP contribution in [0.2, 0.25) is 0 Å². The molecule has 3 rings (SSSR count). The maximum absolute atomic E-state index is 12.1. The predicted octanol–water partition coefficient (Wildman–Crippen LogP) is 1.09. The molecule has 1 aliphatic rings. The van der Waals surface area contributed by atoms with Gasteiger partial charge in [-0.2, -0.15) is 5.10 Å². The van der Waals surface area contributed by atoms with Gasteiger partial charge in [-0.1, -0.05) is 5.16 Å². The second-order valence-electron chi connectivity index (χ2n) is 6.21. The molecule has 0 spiro atoms. The second-order valence-corrected chi connectivity index (χ2v) is 6.21. The quantitative estimate of drug-likeness (QED) is 0.886. The number of hydrogen-bond donors (Lipinski definition) is 1. The molecule has 0 aliphatic heterocycles. The van der Waals surface area contributed by atoms with Gasteiger partial charge in [0.1, 0.15) is 5.76 Å². The average Bonchev–Trinajstić information content (AvgIpc) is 2.87. The van der Waals surface area contributed by atoms with Crippen LogP contribution in [0.4, 0.5) is 0 Å². The molecule has 0 unspecified atom stereocenters. The molecule has 0 fully saturated rings. The van der Waals surface area contributed by atoms with Crippen LogP contribution in [0.5, 0.6) is 0 Å². The monoisotopic (exact) mass is 330 g/mol. The van der Waals surface area contributed by atoms with Crippen molar-refractivity contribution in [2.75, 3.05) is 6.54 Å². The van der Waals surface area contributed by atoms with Gasteiger partial charge in [-0.3, -0.25) is 9.59 Å². The molecule has 0 saturated carbocycles. The molecular formula is C17H22N4O3. The molecule has 1 amide bonds. The van der Waals surface area contributed by atoms with Crippen molar-refractivity contribution in [1.82, 2.24) is 20.3 Å². The molecule has 24 heavy (non-hydrogen) atoms. The Hall–Kier alpha value is -2.44. The van der Waals surface area contributed by atoms with E-state index in [2.05, 4.69) is 15.6 Å². The van der Waals surface area contributed by atoms with Crippen LogP contribution in [0.15, 0.2) is 15.4 Å². The molecule has 0 saturated heterocycles. The molecular weight excluding hydrogens is 308 g/mol. The zero-order chi connectivity index (χ0) is 17.1. The molecule has 2 aromatic heterocycles. The first-order valence-electron chi connectivity index (χ1n) is 8.33. The lowest BCUT2D eigenvalue weighted by Gasteiger charge is -2.16. The molecule has 0 atom stereocenters. The number of aryl methyl sites for hydroxylation is 4. The summed E-state index contributed by atoms with van der Waals surface area (Å²) in [5, 5.41) is 11.1. The van der Waals surface area contributed by atoms with Crippen LogP contribution in [-0.4, -0.2) is 27.4 Å². The molecule has 7 heteroatoms. The summed E-state index contributed by atoms with van der Waals surface area (Å²) < 4.78 is 6.50. The lowest BCUT2D eigenvalue weighted by atomic mass is 9.97. The fraction of sp³-hybridized carbons (Fsp3) is 0.529. The summed E-state index contributed by atoms with van der Waals surface area (Å²) in [6.45, 7) is 4.35. The van der Waals surface area contributed by atoms with Gasteiger partial charge < -0.3 is 9.84 Å². The van der Waals surface area contributed by atoms with E-state index in [4.69, 9.17) is 4.52 Å². The first kappa shape index (κ1) is 16.4. The van der Waals surface area contributed by atoms with Crippen LogP contribution in [0.3, 0.4) is 0 Å². The van der Waals surface area contributed by atoms with Crippen molar-refractivity contribution in [3.05, 3.63) is 44.7 Å². The molecule has 0 radical (unpaired) electrons. The average molecular weight is 330 g/mol. The van der Waals surface area contributed by atoms with Crippen LogP contribution < -0.4 is 10.9 Å². The number of carbonyl (C=O) groups excluding carboxylic acids is 1. The Morgan fingerprint density at radius 3 is 2.88 bits per heavy atom. The van der Waals surface area contributed by atoms with E-state index in [9.17, 15) is 9.59 Å². The normalized spacial score (nSPS) is 13.6. The fourth-order valence-electron chi connectivity index (χ4n) is 3.04. The number of aromatic nitrogens is 3. The number of fused-ring (bicyclic) bond motifs is 1. The van der Waals surface area contributed by atoms with Gasteiger partial charge in [0.15, 0.2) is 0 Å².